The molecule has 364 valence electrons. The largest absolute Gasteiger partial charge is 0.480 e. The number of hydrogen-bond donors (Lipinski definition) is 1. The average Bonchev–Trinajstić information content (AvgIpc) is 4.27. The number of carbonyl (C=O) groups is 2. The Labute approximate surface area is 459 Å². The van der Waals surface area contributed by atoms with Crippen LogP contribution in [0, 0.1) is 27.7 Å². The number of carbonyl (C=O) groups excluding carboxylic acids is 1. The van der Waals surface area contributed by atoms with Gasteiger partial charge in [-0.2, -0.15) is 0 Å². The zero-order valence-corrected chi connectivity index (χ0v) is 47.2. The predicted molar refractivity (Wildman–Crippen MR) is 320 cm³/mol. The van der Waals surface area contributed by atoms with Gasteiger partial charge in [0.1, 0.15) is 20.4 Å². The summed E-state index contributed by atoms with van der Waals surface area (Å²) in [4.78, 5) is 55.9. The van der Waals surface area contributed by atoms with E-state index in [1.165, 1.54) is 75.9 Å². The highest BCUT2D eigenvalue weighted by Crippen LogP contribution is 2.48. The van der Waals surface area contributed by atoms with E-state index < -0.39 is 18.1 Å². The number of thioether (sulfide) groups is 1. The van der Waals surface area contributed by atoms with Crippen LogP contribution in [-0.4, -0.2) is 37.3 Å². The second kappa shape index (κ2) is 20.5. The van der Waals surface area contributed by atoms with Crippen molar-refractivity contribution < 1.29 is 14.7 Å². The van der Waals surface area contributed by atoms with Crippen LogP contribution in [0.3, 0.4) is 0 Å². The number of rotatable bonds is 13. The molecule has 0 aliphatic carbocycles. The maximum atomic E-state index is 13.8. The number of aliphatic carboxylic acids is 1. The number of hydrogen-bond acceptors (Lipinski definition) is 13. The van der Waals surface area contributed by atoms with E-state index in [-0.39, 0.29) is 10.8 Å². The van der Waals surface area contributed by atoms with Crippen LogP contribution >= 0.6 is 103 Å². The monoisotopic (exact) mass is 1120 g/mol. The van der Waals surface area contributed by atoms with Gasteiger partial charge in [-0.1, -0.05) is 72.5 Å². The molecule has 0 saturated carbocycles. The second-order valence-corrected chi connectivity index (χ2v) is 26.1. The Balaban J connectivity index is 0.933. The number of anilines is 3. The summed E-state index contributed by atoms with van der Waals surface area (Å²) in [7, 11) is 0. The number of benzene rings is 3. The number of aromatic nitrogens is 1. The summed E-state index contributed by atoms with van der Waals surface area (Å²) in [5, 5.41) is 14.0. The highest BCUT2D eigenvalue weighted by molar-refractivity contribution is 8.30. The Morgan fingerprint density at radius 3 is 1.47 bits per heavy atom. The minimum atomic E-state index is -1.18. The number of carboxylic acid groups (broad SMARTS) is 1. The lowest BCUT2D eigenvalue weighted by atomic mass is 10.1. The van der Waals surface area contributed by atoms with Gasteiger partial charge >= 0.3 is 5.97 Å². The van der Waals surface area contributed by atoms with E-state index >= 15 is 0 Å². The fourth-order valence-corrected chi connectivity index (χ4v) is 18.3. The van der Waals surface area contributed by atoms with Crippen molar-refractivity contribution in [3.63, 3.8) is 0 Å². The van der Waals surface area contributed by atoms with Gasteiger partial charge in [0.2, 0.25) is 0 Å². The first-order valence-electron chi connectivity index (χ1n) is 23.2. The molecule has 0 bridgehead atoms. The van der Waals surface area contributed by atoms with E-state index in [9.17, 15) is 19.5 Å². The van der Waals surface area contributed by atoms with Crippen molar-refractivity contribution in [2.75, 3.05) is 11.4 Å². The van der Waals surface area contributed by atoms with E-state index in [1.54, 1.807) is 28.7 Å². The molecule has 73 heavy (non-hydrogen) atoms. The van der Waals surface area contributed by atoms with Crippen LogP contribution < -0.4 is 19.7 Å². The molecule has 1 N–H and O–H groups in total. The zero-order chi connectivity index (χ0) is 50.7. The van der Waals surface area contributed by atoms with Gasteiger partial charge in [0, 0.05) is 72.4 Å². The molecule has 0 unspecified atom stereocenters. The fraction of sp³-hybridized carbons (Fsp3) is 0.123. The summed E-state index contributed by atoms with van der Waals surface area (Å²) in [6.07, 6.45) is 1.75. The smallest absolute Gasteiger partial charge is 0.323 e. The summed E-state index contributed by atoms with van der Waals surface area (Å²) >= 11 is 18.6. The van der Waals surface area contributed by atoms with Crippen molar-refractivity contribution in [2.45, 2.75) is 41.2 Å². The van der Waals surface area contributed by atoms with Gasteiger partial charge in [0.15, 0.2) is 0 Å². The highest BCUT2D eigenvalue weighted by Gasteiger charge is 2.33. The van der Waals surface area contributed by atoms with Crippen LogP contribution in [0.5, 0.6) is 0 Å². The first kappa shape index (κ1) is 49.4. The molecule has 1 amide bonds. The Morgan fingerprint density at radius 1 is 0.589 bits per heavy atom. The van der Waals surface area contributed by atoms with E-state index in [0.29, 0.717) is 20.1 Å². The summed E-state index contributed by atoms with van der Waals surface area (Å²) in [5.74, 6) is -1.50. The lowest BCUT2D eigenvalue weighted by Gasteiger charge is -2.26. The number of thiophene rings is 6. The Kier molecular flexibility index (Phi) is 13.9. The lowest BCUT2D eigenvalue weighted by Crippen LogP contribution is -2.35. The van der Waals surface area contributed by atoms with E-state index in [1.807, 2.05) is 76.5 Å². The summed E-state index contributed by atoms with van der Waals surface area (Å²) < 4.78 is 2.16. The summed E-state index contributed by atoms with van der Waals surface area (Å²) in [5.41, 5.74) is 10.8. The molecule has 0 radical (unpaired) electrons. The van der Waals surface area contributed by atoms with Crippen LogP contribution in [0.25, 0.3) is 70.9 Å². The lowest BCUT2D eigenvalue weighted by molar-refractivity contribution is -0.137. The number of nitrogens with zero attached hydrogens (tertiary/aromatic N) is 3. The summed E-state index contributed by atoms with van der Waals surface area (Å²) in [6.45, 7) is 10.6. The number of carboxylic acids is 1. The average molecular weight is 1120 g/mol. The number of thiocarbonyl (C=S) groups is 1. The highest BCUT2D eigenvalue weighted by atomic mass is 32.2. The molecule has 0 spiro atoms. The molecule has 11 rings (SSSR count). The van der Waals surface area contributed by atoms with Crippen molar-refractivity contribution in [3.8, 4) is 59.9 Å². The van der Waals surface area contributed by atoms with Gasteiger partial charge in [0.05, 0.1) is 4.53 Å². The van der Waals surface area contributed by atoms with E-state index in [4.69, 9.17) is 12.2 Å². The van der Waals surface area contributed by atoms with Crippen LogP contribution in [0.4, 0.5) is 17.1 Å². The van der Waals surface area contributed by atoms with Crippen LogP contribution in [0.15, 0.2) is 137 Å². The molecule has 8 heterocycles. The molecule has 7 aromatic heterocycles. The SMILES string of the molecule is CCN1C(=O)/C(=c2\s/c(=C/c3ccc(N(c4ccc(-c5ccc(-c6sc(-c7cccs7)c(C)c6C)s5)cc4)c4ccc(-c5ccc(-c6sc(-c7cccs7)c(C)c6C)s5)cc4)cc3)c(=O)n2CC(=O)O)SC1=S. The maximum Gasteiger partial charge on any atom is 0.323 e. The molecule has 10 aromatic rings. The third kappa shape index (κ3) is 9.42. The molecule has 16 heteroatoms. The van der Waals surface area contributed by atoms with Gasteiger partial charge in [-0.3, -0.25) is 23.9 Å². The van der Waals surface area contributed by atoms with Crippen LogP contribution in [0.2, 0.25) is 0 Å². The Bertz CT molecular complexity index is 3760. The normalized spacial score (nSPS) is 13.8. The Morgan fingerprint density at radius 2 is 1.04 bits per heavy atom. The Hall–Kier alpha value is -5.79. The van der Waals surface area contributed by atoms with Gasteiger partial charge < -0.3 is 10.0 Å². The molecule has 1 aliphatic heterocycles. The van der Waals surface area contributed by atoms with E-state index in [2.05, 4.69) is 140 Å². The minimum Gasteiger partial charge on any atom is -0.480 e. The molecular formula is C57H43N3O4S9. The molecular weight excluding hydrogens is 1080 g/mol. The van der Waals surface area contributed by atoms with Gasteiger partial charge in [0.25, 0.3) is 11.5 Å². The quantitative estimate of drug-likeness (QED) is 0.115. The molecule has 1 saturated heterocycles. The third-order valence-electron chi connectivity index (χ3n) is 12.9. The third-order valence-corrected chi connectivity index (χ3v) is 23.1. The minimum absolute atomic E-state index is 0.268. The summed E-state index contributed by atoms with van der Waals surface area (Å²) in [6, 6.07) is 43.0. The standard InChI is InChI=1S/C57H43N3O4S9/c1-6-58-55(64)53(73-57(58)65)56-59(30-48(61)62)54(63)47(70-56)29-35-11-17-38(18-12-35)60(39-19-13-36(14-20-39)41-23-25-45(68-41)51-33(4)31(2)49(71-51)43-9-7-27-66-43)40-21-15-37(16-22-40)42-24-26-46(69-42)52-34(5)32(3)50(72-52)44-10-8-28-67-44/h7-29H,6,30H2,1-5H3,(H,61,62)/b47-29+,56-53+. The van der Waals surface area contributed by atoms with Crippen molar-refractivity contribution in [2.24, 2.45) is 0 Å². The van der Waals surface area contributed by atoms with Crippen LogP contribution in [-0.2, 0) is 16.1 Å². The topological polar surface area (TPSA) is 82.9 Å². The van der Waals surface area contributed by atoms with Gasteiger partial charge in [-0.15, -0.1) is 79.4 Å². The van der Waals surface area contributed by atoms with Crippen molar-refractivity contribution >= 4 is 148 Å². The number of amides is 1. The molecule has 0 atom stereocenters. The predicted octanol–water partition coefficient (Wildman–Crippen LogP) is 15.9. The maximum absolute atomic E-state index is 13.8. The molecule has 7 nitrogen and oxygen atoms in total. The van der Waals surface area contributed by atoms with Gasteiger partial charge in [-0.05, 0) is 163 Å². The second-order valence-electron chi connectivity index (χ2n) is 17.3. The fourth-order valence-electron chi connectivity index (χ4n) is 8.81. The van der Waals surface area contributed by atoms with Crippen LogP contribution in [0.1, 0.15) is 34.7 Å². The van der Waals surface area contributed by atoms with Crippen molar-refractivity contribution in [3.05, 3.63) is 179 Å². The van der Waals surface area contributed by atoms with E-state index in [0.717, 1.165) is 61.4 Å². The van der Waals surface area contributed by atoms with Crippen molar-refractivity contribution in [1.82, 2.24) is 9.47 Å². The first-order chi connectivity index (χ1) is 35.3. The number of thiazole rings is 1. The zero-order valence-electron chi connectivity index (χ0n) is 39.9. The molecule has 3 aromatic carbocycles. The molecule has 1 fully saturated rings. The molecule has 1 aliphatic rings. The van der Waals surface area contributed by atoms with Crippen molar-refractivity contribution in [1.29, 1.82) is 0 Å². The first-order valence-corrected chi connectivity index (χ1v) is 30.2. The van der Waals surface area contributed by atoms with Gasteiger partial charge in [-0.25, -0.2) is 0 Å².